The Kier molecular flexibility index (Phi) is 22.3. The summed E-state index contributed by atoms with van der Waals surface area (Å²) in [6.07, 6.45) is 5.22. The average Bonchev–Trinajstić information content (AvgIpc) is 2.07. The molecule has 0 aliphatic carbocycles. The molecule has 0 spiro atoms. The SMILES string of the molecule is CC(C)(C)Cc1ccc(-c2ccc(-c3cc(-c4[c-]c5ccccc5c(C(C)(C)C)c4)ncc3C(F)(F)F)cc2)cc1.CCC(CC)C(=O)/C=C(\O)C(CC)CC.Cc1[c-]c(-c2nccc3c2ccc2c(CC(C)(C)C)c(C)sc23)cc(C)c1F.[Ir]. The summed E-state index contributed by atoms with van der Waals surface area (Å²) in [5, 5.41) is 15.4. The number of rotatable bonds is 13. The molecule has 0 saturated heterocycles. The molecule has 9 aromatic rings. The minimum Gasteiger partial charge on any atom is -0.512 e. The number of nitrogens with zero attached hydrogens (tertiary/aromatic N) is 2. The molecule has 0 bridgehead atoms. The molecule has 451 valence electrons. The second kappa shape index (κ2) is 28.0. The van der Waals surface area contributed by atoms with E-state index in [1.807, 2.05) is 87.7 Å². The molecule has 10 heteroatoms. The zero-order valence-corrected chi connectivity index (χ0v) is 55.7. The van der Waals surface area contributed by atoms with Crippen LogP contribution >= 0.6 is 11.3 Å². The van der Waals surface area contributed by atoms with Crippen molar-refractivity contribution in [2.24, 2.45) is 22.7 Å². The molecule has 9 rings (SSSR count). The molecule has 0 amide bonds. The molecule has 0 fully saturated rings. The molecule has 3 heterocycles. The van der Waals surface area contributed by atoms with Gasteiger partial charge in [0.2, 0.25) is 0 Å². The number of fused-ring (bicyclic) bond motifs is 4. The molecule has 6 aromatic carbocycles. The van der Waals surface area contributed by atoms with E-state index in [-0.39, 0.29) is 71.1 Å². The smallest absolute Gasteiger partial charge is 0.418 e. The second-order valence-corrected chi connectivity index (χ2v) is 27.1. The van der Waals surface area contributed by atoms with E-state index in [9.17, 15) is 27.5 Å². The number of benzene rings is 6. The van der Waals surface area contributed by atoms with Crippen molar-refractivity contribution in [3.05, 3.63) is 190 Å². The normalized spacial score (nSPS) is 12.3. The van der Waals surface area contributed by atoms with E-state index in [0.717, 1.165) is 88.8 Å². The summed E-state index contributed by atoms with van der Waals surface area (Å²) < 4.78 is 57.8. The number of hydrogen-bond donors (Lipinski definition) is 1. The fourth-order valence-electron chi connectivity index (χ4n) is 11.0. The van der Waals surface area contributed by atoms with Gasteiger partial charge in [-0.15, -0.1) is 58.2 Å². The molecule has 1 N–H and O–H groups in total. The molecule has 0 atom stereocenters. The summed E-state index contributed by atoms with van der Waals surface area (Å²) in [5.41, 5.74) is 9.94. The van der Waals surface area contributed by atoms with Crippen molar-refractivity contribution in [1.29, 1.82) is 0 Å². The predicted octanol–water partition coefficient (Wildman–Crippen LogP) is 22.4. The Balaban J connectivity index is 0.000000227. The van der Waals surface area contributed by atoms with Gasteiger partial charge >= 0.3 is 6.18 Å². The van der Waals surface area contributed by atoms with Crippen LogP contribution in [0.15, 0.2) is 133 Å². The summed E-state index contributed by atoms with van der Waals surface area (Å²) in [4.78, 5) is 22.0. The Bertz CT molecular complexity index is 3770. The van der Waals surface area contributed by atoms with Crippen LogP contribution in [-0.4, -0.2) is 20.9 Å². The van der Waals surface area contributed by atoms with Crippen LogP contribution in [0.3, 0.4) is 0 Å². The van der Waals surface area contributed by atoms with Crippen LogP contribution in [0.5, 0.6) is 0 Å². The number of ketones is 1. The number of aromatic nitrogens is 2. The van der Waals surface area contributed by atoms with Gasteiger partial charge in [0.25, 0.3) is 0 Å². The van der Waals surface area contributed by atoms with Gasteiger partial charge in [0.05, 0.1) is 11.3 Å². The number of pyridine rings is 2. The molecule has 0 unspecified atom stereocenters. The molecule has 0 aliphatic heterocycles. The molecular formula is C75H84F4IrN2O2S-2. The summed E-state index contributed by atoms with van der Waals surface area (Å²) in [5.74, 6) is 0.359. The molecule has 4 nitrogen and oxygen atoms in total. The molecule has 0 saturated carbocycles. The topological polar surface area (TPSA) is 63.1 Å². The van der Waals surface area contributed by atoms with Gasteiger partial charge in [-0.25, -0.2) is 0 Å². The first kappa shape index (κ1) is 67.8. The Morgan fingerprint density at radius 3 is 1.78 bits per heavy atom. The standard InChI is InChI=1S/C37H35F3N.C25H25FNS.C13H24O2.Ir/c1-35(2,3)22-24-11-13-25(14-12-24)26-15-17-27(18-16-26)31-21-34(41-23-33(31)37(38,39)40)29-19-28-9-7-8-10-30(28)32(20-29)36(4,5)6;1-14-11-17(12-15(2)22(14)26)23-18-7-8-19-21(13-25(4,5)6)16(3)28-24(19)20(18)9-10-27-23;1-5-10(6-2)12(14)9-13(15)11(7-3)8-4;/h7-18,20-21,23H,22H2,1-6H3;7-11H,13H2,1-6H3;9-11,14H,5-8H2,1-4H3;/q2*-1;;/b;;12-9-;. The van der Waals surface area contributed by atoms with Gasteiger partial charge in [-0.3, -0.25) is 14.2 Å². The maximum absolute atomic E-state index is 14.1. The Hall–Kier alpha value is -6.32. The number of aliphatic hydroxyl groups excluding tert-OH is 1. The summed E-state index contributed by atoms with van der Waals surface area (Å²) in [7, 11) is 0. The van der Waals surface area contributed by atoms with E-state index in [4.69, 9.17) is 0 Å². The fourth-order valence-corrected chi connectivity index (χ4v) is 12.2. The number of aryl methyl sites for hydroxylation is 3. The molecule has 1 radical (unpaired) electrons. The number of halogens is 4. The van der Waals surface area contributed by atoms with E-state index < -0.39 is 11.7 Å². The van der Waals surface area contributed by atoms with Crippen LogP contribution in [0, 0.1) is 61.4 Å². The third kappa shape index (κ3) is 16.8. The zero-order chi connectivity index (χ0) is 61.6. The first-order valence-corrected chi connectivity index (χ1v) is 30.4. The number of alkyl halides is 3. The van der Waals surface area contributed by atoms with Crippen molar-refractivity contribution in [1.82, 2.24) is 9.97 Å². The largest absolute Gasteiger partial charge is 0.512 e. The predicted molar refractivity (Wildman–Crippen MR) is 346 cm³/mol. The van der Waals surface area contributed by atoms with Crippen molar-refractivity contribution >= 4 is 48.8 Å². The van der Waals surface area contributed by atoms with E-state index in [1.165, 1.54) is 37.6 Å². The Morgan fingerprint density at radius 2 is 1.21 bits per heavy atom. The van der Waals surface area contributed by atoms with Crippen LogP contribution in [-0.2, 0) is 49.3 Å². The Labute approximate surface area is 521 Å². The first-order chi connectivity index (χ1) is 39.4. The van der Waals surface area contributed by atoms with Gasteiger partial charge in [-0.1, -0.05) is 211 Å². The number of carbonyl (C=O) groups is 1. The van der Waals surface area contributed by atoms with Crippen LogP contribution in [0.4, 0.5) is 17.6 Å². The van der Waals surface area contributed by atoms with Crippen LogP contribution in [0.2, 0.25) is 0 Å². The molecule has 0 aliphatic rings. The van der Waals surface area contributed by atoms with Crippen molar-refractivity contribution in [2.75, 3.05) is 0 Å². The first-order valence-electron chi connectivity index (χ1n) is 29.6. The maximum Gasteiger partial charge on any atom is 0.418 e. The quantitative estimate of drug-likeness (QED) is 0.0541. The van der Waals surface area contributed by atoms with Crippen LogP contribution in [0.1, 0.15) is 154 Å². The number of allylic oxidation sites excluding steroid dienone is 2. The van der Waals surface area contributed by atoms with Crippen molar-refractivity contribution in [3.63, 3.8) is 0 Å². The minimum absolute atomic E-state index is 0. The van der Waals surface area contributed by atoms with Crippen molar-refractivity contribution < 1.29 is 47.6 Å². The van der Waals surface area contributed by atoms with Gasteiger partial charge in [0, 0.05) is 71.5 Å². The number of hydrogen-bond acceptors (Lipinski definition) is 5. The number of carbonyl (C=O) groups excluding carboxylic acids is 1. The third-order valence-corrected chi connectivity index (χ3v) is 16.8. The summed E-state index contributed by atoms with van der Waals surface area (Å²) in [6.45, 7) is 33.7. The van der Waals surface area contributed by atoms with E-state index in [1.54, 1.807) is 32.0 Å². The van der Waals surface area contributed by atoms with E-state index >= 15 is 0 Å². The van der Waals surface area contributed by atoms with Gasteiger partial charge in [0.1, 0.15) is 0 Å². The van der Waals surface area contributed by atoms with Crippen LogP contribution < -0.4 is 0 Å². The van der Waals surface area contributed by atoms with E-state index in [0.29, 0.717) is 27.9 Å². The molecule has 3 aromatic heterocycles. The fraction of sp³-hybridized carbons (Fsp3) is 0.373. The van der Waals surface area contributed by atoms with Gasteiger partial charge in [-0.2, -0.15) is 13.2 Å². The molecular weight excluding hydrogens is 1260 g/mol. The van der Waals surface area contributed by atoms with Gasteiger partial charge in [-0.05, 0) is 123 Å². The maximum atomic E-state index is 14.1. The van der Waals surface area contributed by atoms with Crippen LogP contribution in [0.25, 0.3) is 76.4 Å². The number of thiophene rings is 1. The van der Waals surface area contributed by atoms with Crippen molar-refractivity contribution in [3.8, 4) is 44.8 Å². The number of aliphatic hydroxyl groups is 1. The monoisotopic (exact) mass is 1350 g/mol. The molecule has 85 heavy (non-hydrogen) atoms. The van der Waals surface area contributed by atoms with Gasteiger partial charge < -0.3 is 10.1 Å². The average molecular weight is 1350 g/mol. The summed E-state index contributed by atoms with van der Waals surface area (Å²) in [6, 6.07) is 42.1. The summed E-state index contributed by atoms with van der Waals surface area (Å²) >= 11 is 1.86. The minimum atomic E-state index is -4.54. The Morgan fingerprint density at radius 1 is 0.635 bits per heavy atom. The third-order valence-electron chi connectivity index (χ3n) is 15.6. The van der Waals surface area contributed by atoms with E-state index in [2.05, 4.69) is 140 Å². The van der Waals surface area contributed by atoms with Gasteiger partial charge in [0.15, 0.2) is 5.78 Å². The van der Waals surface area contributed by atoms with Crippen molar-refractivity contribution in [2.45, 2.75) is 161 Å². The second-order valence-electron chi connectivity index (χ2n) is 25.9. The zero-order valence-electron chi connectivity index (χ0n) is 52.5.